The van der Waals surface area contributed by atoms with Gasteiger partial charge in [-0.3, -0.25) is 4.98 Å². The van der Waals surface area contributed by atoms with E-state index in [4.69, 9.17) is 0 Å². The monoisotopic (exact) mass is 363 g/mol. The van der Waals surface area contributed by atoms with E-state index in [0.717, 1.165) is 23.7 Å². The SMILES string of the molecule is C[C@H]1CC[C@@]2(C)C(=CCC3C2CC[C@@]2(C)C3CCC2(C)c2cccnc2)C1. The predicted molar refractivity (Wildman–Crippen MR) is 112 cm³/mol. The van der Waals surface area contributed by atoms with Crippen molar-refractivity contribution in [1.82, 2.24) is 4.98 Å². The molecule has 146 valence electrons. The van der Waals surface area contributed by atoms with Crippen LogP contribution in [-0.4, -0.2) is 4.98 Å². The van der Waals surface area contributed by atoms with Crippen LogP contribution in [0.4, 0.5) is 0 Å². The van der Waals surface area contributed by atoms with E-state index in [1.54, 1.807) is 0 Å². The normalized spacial score (nSPS) is 49.0. The number of hydrogen-bond donors (Lipinski definition) is 0. The molecular weight excluding hydrogens is 326 g/mol. The maximum Gasteiger partial charge on any atom is 0.0305 e. The van der Waals surface area contributed by atoms with Crippen molar-refractivity contribution < 1.29 is 0 Å². The first-order chi connectivity index (χ1) is 12.9. The van der Waals surface area contributed by atoms with Crippen molar-refractivity contribution >= 4 is 0 Å². The van der Waals surface area contributed by atoms with E-state index < -0.39 is 0 Å². The number of fused-ring (bicyclic) bond motifs is 5. The molecule has 4 aliphatic rings. The smallest absolute Gasteiger partial charge is 0.0305 e. The maximum absolute atomic E-state index is 4.49. The molecule has 0 spiro atoms. The molecule has 5 rings (SSSR count). The minimum absolute atomic E-state index is 0.295. The number of nitrogens with zero attached hydrogens (tertiary/aromatic N) is 1. The Kier molecular flexibility index (Phi) is 3.95. The molecule has 0 aromatic carbocycles. The van der Waals surface area contributed by atoms with Crippen LogP contribution < -0.4 is 0 Å². The van der Waals surface area contributed by atoms with Crippen LogP contribution in [0.1, 0.15) is 84.6 Å². The lowest BCUT2D eigenvalue weighted by Gasteiger charge is -2.59. The van der Waals surface area contributed by atoms with Crippen LogP contribution in [0.15, 0.2) is 36.2 Å². The summed E-state index contributed by atoms with van der Waals surface area (Å²) < 4.78 is 0. The molecule has 0 aliphatic heterocycles. The summed E-state index contributed by atoms with van der Waals surface area (Å²) in [4.78, 5) is 4.49. The molecule has 1 heteroatoms. The molecule has 1 nitrogen and oxygen atoms in total. The van der Waals surface area contributed by atoms with Gasteiger partial charge in [-0.05, 0) is 103 Å². The summed E-state index contributed by atoms with van der Waals surface area (Å²) in [5.41, 5.74) is 4.55. The maximum atomic E-state index is 4.49. The molecule has 0 saturated heterocycles. The van der Waals surface area contributed by atoms with Crippen LogP contribution in [0, 0.1) is 34.5 Å². The molecule has 7 atom stereocenters. The van der Waals surface area contributed by atoms with E-state index in [0.29, 0.717) is 16.2 Å². The van der Waals surface area contributed by atoms with Gasteiger partial charge in [-0.15, -0.1) is 0 Å². The molecule has 0 bridgehead atoms. The highest BCUT2D eigenvalue weighted by Gasteiger charge is 2.62. The molecule has 0 radical (unpaired) electrons. The minimum atomic E-state index is 0.295. The Balaban J connectivity index is 1.51. The van der Waals surface area contributed by atoms with Crippen molar-refractivity contribution in [3.05, 3.63) is 41.7 Å². The fourth-order valence-corrected chi connectivity index (χ4v) is 8.27. The van der Waals surface area contributed by atoms with Gasteiger partial charge in [0, 0.05) is 12.4 Å². The first kappa shape index (κ1) is 18.0. The Hall–Kier alpha value is -1.11. The second kappa shape index (κ2) is 5.94. The lowest BCUT2D eigenvalue weighted by atomic mass is 9.45. The number of allylic oxidation sites excluding steroid dienone is 2. The van der Waals surface area contributed by atoms with Crippen molar-refractivity contribution in [2.24, 2.45) is 34.5 Å². The summed E-state index contributed by atoms with van der Waals surface area (Å²) in [6, 6.07) is 4.48. The van der Waals surface area contributed by atoms with Crippen molar-refractivity contribution in [3.63, 3.8) is 0 Å². The first-order valence-corrected chi connectivity index (χ1v) is 11.5. The van der Waals surface area contributed by atoms with Crippen LogP contribution in [0.25, 0.3) is 0 Å². The van der Waals surface area contributed by atoms with Gasteiger partial charge in [0.1, 0.15) is 0 Å². The molecule has 1 heterocycles. The number of rotatable bonds is 1. The largest absolute Gasteiger partial charge is 0.264 e. The van der Waals surface area contributed by atoms with Crippen LogP contribution in [0.2, 0.25) is 0 Å². The third-order valence-electron chi connectivity index (χ3n) is 10.3. The Morgan fingerprint density at radius 2 is 1.81 bits per heavy atom. The van der Waals surface area contributed by atoms with Crippen molar-refractivity contribution in [1.29, 1.82) is 0 Å². The van der Waals surface area contributed by atoms with Crippen molar-refractivity contribution in [2.45, 2.75) is 84.5 Å². The summed E-state index contributed by atoms with van der Waals surface area (Å²) in [5.74, 6) is 3.62. The zero-order chi connectivity index (χ0) is 18.9. The third kappa shape index (κ3) is 2.33. The summed E-state index contributed by atoms with van der Waals surface area (Å²) in [5, 5.41) is 0. The second-order valence-corrected chi connectivity index (χ2v) is 11.2. The molecule has 1 aromatic rings. The summed E-state index contributed by atoms with van der Waals surface area (Å²) in [7, 11) is 0. The molecule has 1 aromatic heterocycles. The standard InChI is InChI=1S/C26H37N/c1-18-9-12-24(2)19(16-18)7-8-21-22(24)10-14-26(4)23(21)11-13-25(26,3)20-6-5-15-27-17-20/h5-7,15,17-18,21-23H,8-14,16H2,1-4H3/t18-,21?,22?,23?,24-,25?,26-/m0/s1. The van der Waals surface area contributed by atoms with Crippen LogP contribution in [-0.2, 0) is 5.41 Å². The van der Waals surface area contributed by atoms with E-state index >= 15 is 0 Å². The molecule has 27 heavy (non-hydrogen) atoms. The highest BCUT2D eigenvalue weighted by atomic mass is 14.7. The Morgan fingerprint density at radius 1 is 1.00 bits per heavy atom. The fourth-order valence-electron chi connectivity index (χ4n) is 8.27. The lowest BCUT2D eigenvalue weighted by Crippen LogP contribution is -2.52. The summed E-state index contributed by atoms with van der Waals surface area (Å²) in [6.07, 6.45) is 18.0. The highest BCUT2D eigenvalue weighted by molar-refractivity contribution is 5.31. The third-order valence-corrected chi connectivity index (χ3v) is 10.3. The van der Waals surface area contributed by atoms with Crippen LogP contribution in [0.5, 0.6) is 0 Å². The van der Waals surface area contributed by atoms with Gasteiger partial charge in [0.15, 0.2) is 0 Å². The second-order valence-electron chi connectivity index (χ2n) is 11.2. The average molecular weight is 364 g/mol. The van der Waals surface area contributed by atoms with Gasteiger partial charge in [0.05, 0.1) is 0 Å². The van der Waals surface area contributed by atoms with Gasteiger partial charge >= 0.3 is 0 Å². The molecule has 4 unspecified atom stereocenters. The van der Waals surface area contributed by atoms with Crippen LogP contribution in [0.3, 0.4) is 0 Å². The zero-order valence-corrected chi connectivity index (χ0v) is 17.8. The summed E-state index contributed by atoms with van der Waals surface area (Å²) >= 11 is 0. The molecule has 0 N–H and O–H groups in total. The van der Waals surface area contributed by atoms with E-state index in [2.05, 4.69) is 57.1 Å². The van der Waals surface area contributed by atoms with Gasteiger partial charge < -0.3 is 0 Å². The minimum Gasteiger partial charge on any atom is -0.264 e. The van der Waals surface area contributed by atoms with Gasteiger partial charge in [0.25, 0.3) is 0 Å². The Bertz CT molecular complexity index is 751. The van der Waals surface area contributed by atoms with Gasteiger partial charge in [0.2, 0.25) is 0 Å². The quantitative estimate of drug-likeness (QED) is 0.492. The molecule has 4 aliphatic carbocycles. The fraction of sp³-hybridized carbons (Fsp3) is 0.731. The molecular formula is C26H37N. The lowest BCUT2D eigenvalue weighted by molar-refractivity contribution is -0.0493. The molecule has 3 saturated carbocycles. The molecule has 3 fully saturated rings. The van der Waals surface area contributed by atoms with Crippen LogP contribution >= 0.6 is 0 Å². The zero-order valence-electron chi connectivity index (χ0n) is 17.8. The van der Waals surface area contributed by atoms with Crippen molar-refractivity contribution in [3.8, 4) is 0 Å². The van der Waals surface area contributed by atoms with Gasteiger partial charge in [-0.25, -0.2) is 0 Å². The average Bonchev–Trinajstić information content (AvgIpc) is 2.95. The number of pyridine rings is 1. The van der Waals surface area contributed by atoms with Crippen molar-refractivity contribution in [2.75, 3.05) is 0 Å². The van der Waals surface area contributed by atoms with Gasteiger partial charge in [-0.1, -0.05) is 45.4 Å². The van der Waals surface area contributed by atoms with E-state index in [9.17, 15) is 0 Å². The topological polar surface area (TPSA) is 12.9 Å². The Labute approximate surface area is 166 Å². The predicted octanol–water partition coefficient (Wildman–Crippen LogP) is 6.94. The Morgan fingerprint density at radius 3 is 2.59 bits per heavy atom. The number of hydrogen-bond acceptors (Lipinski definition) is 1. The van der Waals surface area contributed by atoms with E-state index in [-0.39, 0.29) is 0 Å². The number of aromatic nitrogens is 1. The summed E-state index contributed by atoms with van der Waals surface area (Å²) in [6.45, 7) is 10.3. The van der Waals surface area contributed by atoms with E-state index in [1.165, 1.54) is 56.9 Å². The highest BCUT2D eigenvalue weighted by Crippen LogP contribution is 2.69. The molecule has 0 amide bonds. The first-order valence-electron chi connectivity index (χ1n) is 11.5. The van der Waals surface area contributed by atoms with E-state index in [1.807, 2.05) is 11.8 Å². The van der Waals surface area contributed by atoms with Gasteiger partial charge in [-0.2, -0.15) is 0 Å².